The Hall–Kier alpha value is -3.34. The molecule has 0 unspecified atom stereocenters. The average molecular weight is 422 g/mol. The monoisotopic (exact) mass is 422 g/mol. The summed E-state index contributed by atoms with van der Waals surface area (Å²) in [4.78, 5) is 7.07. The van der Waals surface area contributed by atoms with Crippen molar-refractivity contribution in [2.75, 3.05) is 0 Å². The molecule has 2 N–H and O–H groups in total. The number of aromatic amines is 2. The summed E-state index contributed by atoms with van der Waals surface area (Å²) in [6, 6.07) is 9.71. The lowest BCUT2D eigenvalue weighted by atomic mass is 10.2. The van der Waals surface area contributed by atoms with Gasteiger partial charge in [-0.25, -0.2) is 13.4 Å². The van der Waals surface area contributed by atoms with Gasteiger partial charge in [0.15, 0.2) is 15.5 Å². The minimum atomic E-state index is -4.80. The SMILES string of the molecule is O=S(=O)(Cc1ccc(OC(F)(F)F)cc1)c1c[nH]c(-c2n[nH]c3ncccc23)c1. The molecule has 0 saturated carbocycles. The zero-order chi connectivity index (χ0) is 20.6. The van der Waals surface area contributed by atoms with E-state index >= 15 is 0 Å². The summed E-state index contributed by atoms with van der Waals surface area (Å²) in [5.41, 5.74) is 1.93. The lowest BCUT2D eigenvalue weighted by molar-refractivity contribution is -0.274. The zero-order valence-electron chi connectivity index (χ0n) is 14.6. The van der Waals surface area contributed by atoms with Crippen molar-refractivity contribution in [3.63, 3.8) is 0 Å². The highest BCUT2D eigenvalue weighted by atomic mass is 32.2. The van der Waals surface area contributed by atoms with Gasteiger partial charge in [0.25, 0.3) is 0 Å². The largest absolute Gasteiger partial charge is 0.573 e. The number of nitrogens with zero attached hydrogens (tertiary/aromatic N) is 2. The molecule has 0 fully saturated rings. The summed E-state index contributed by atoms with van der Waals surface area (Å²) in [5.74, 6) is -0.791. The highest BCUT2D eigenvalue weighted by Gasteiger charge is 2.31. The third-order valence-electron chi connectivity index (χ3n) is 4.12. The number of benzene rings is 1. The van der Waals surface area contributed by atoms with E-state index in [0.717, 1.165) is 17.5 Å². The van der Waals surface area contributed by atoms with Gasteiger partial charge in [0.1, 0.15) is 11.4 Å². The molecule has 0 aliphatic heterocycles. The summed E-state index contributed by atoms with van der Waals surface area (Å²) in [5, 5.41) is 7.67. The average Bonchev–Trinajstić information content (AvgIpc) is 3.29. The van der Waals surface area contributed by atoms with Gasteiger partial charge in [-0.1, -0.05) is 12.1 Å². The van der Waals surface area contributed by atoms with Crippen LogP contribution in [0.2, 0.25) is 0 Å². The molecule has 0 amide bonds. The Morgan fingerprint density at radius 3 is 2.59 bits per heavy atom. The van der Waals surface area contributed by atoms with Gasteiger partial charge in [0, 0.05) is 17.8 Å². The molecule has 11 heteroatoms. The maximum absolute atomic E-state index is 12.7. The Labute approximate surface area is 162 Å². The van der Waals surface area contributed by atoms with Gasteiger partial charge in [0.2, 0.25) is 0 Å². The van der Waals surface area contributed by atoms with Gasteiger partial charge in [0.05, 0.1) is 16.3 Å². The molecule has 0 bridgehead atoms. The fraction of sp³-hybridized carbons (Fsp3) is 0.111. The maximum atomic E-state index is 12.7. The standard InChI is InChI=1S/C18H13F3N4O3S/c19-18(20,21)28-12-5-3-11(4-6-12)10-29(26,27)13-8-15(23-9-13)16-14-2-1-7-22-17(14)25-24-16/h1-9,23H,10H2,(H,22,24,25). The van der Waals surface area contributed by atoms with E-state index < -0.39 is 21.9 Å². The highest BCUT2D eigenvalue weighted by Crippen LogP contribution is 2.28. The van der Waals surface area contributed by atoms with Gasteiger partial charge in [-0.15, -0.1) is 13.2 Å². The molecule has 3 aromatic heterocycles. The number of fused-ring (bicyclic) bond motifs is 1. The van der Waals surface area contributed by atoms with Crippen molar-refractivity contribution < 1.29 is 26.3 Å². The highest BCUT2D eigenvalue weighted by molar-refractivity contribution is 7.90. The van der Waals surface area contributed by atoms with E-state index in [0.29, 0.717) is 22.6 Å². The van der Waals surface area contributed by atoms with Crippen molar-refractivity contribution in [1.29, 1.82) is 0 Å². The van der Waals surface area contributed by atoms with Gasteiger partial charge >= 0.3 is 6.36 Å². The first-order valence-electron chi connectivity index (χ1n) is 8.27. The summed E-state index contributed by atoms with van der Waals surface area (Å²) in [6.07, 6.45) is -1.84. The smallest absolute Gasteiger partial charge is 0.406 e. The quantitative estimate of drug-likeness (QED) is 0.509. The first-order valence-corrected chi connectivity index (χ1v) is 9.92. The van der Waals surface area contributed by atoms with Crippen LogP contribution in [0.1, 0.15) is 5.56 Å². The van der Waals surface area contributed by atoms with Crippen molar-refractivity contribution in [2.24, 2.45) is 0 Å². The molecule has 3 heterocycles. The number of aromatic nitrogens is 4. The van der Waals surface area contributed by atoms with Gasteiger partial charge in [-0.05, 0) is 35.9 Å². The van der Waals surface area contributed by atoms with Crippen LogP contribution in [0.25, 0.3) is 22.4 Å². The molecule has 0 aliphatic rings. The molecule has 1 aromatic carbocycles. The first kappa shape index (κ1) is 19.0. The Kier molecular flexibility index (Phi) is 4.53. The Bertz CT molecular complexity index is 1260. The van der Waals surface area contributed by atoms with Gasteiger partial charge in [-0.3, -0.25) is 5.10 Å². The predicted molar refractivity (Wildman–Crippen MR) is 97.7 cm³/mol. The van der Waals surface area contributed by atoms with Crippen molar-refractivity contribution >= 4 is 20.9 Å². The number of rotatable bonds is 5. The molecule has 0 radical (unpaired) electrons. The van der Waals surface area contributed by atoms with E-state index in [1.807, 2.05) is 0 Å². The van der Waals surface area contributed by atoms with E-state index in [-0.39, 0.29) is 10.6 Å². The molecule has 29 heavy (non-hydrogen) atoms. The van der Waals surface area contributed by atoms with Crippen LogP contribution in [0.4, 0.5) is 13.2 Å². The molecule has 150 valence electrons. The van der Waals surface area contributed by atoms with Gasteiger partial charge in [-0.2, -0.15) is 5.10 Å². The van der Waals surface area contributed by atoms with Crippen LogP contribution in [-0.2, 0) is 15.6 Å². The van der Waals surface area contributed by atoms with Crippen LogP contribution in [0, 0.1) is 0 Å². The summed E-state index contributed by atoms with van der Waals surface area (Å²) >= 11 is 0. The number of halogens is 3. The second-order valence-electron chi connectivity index (χ2n) is 6.17. The molecule has 7 nitrogen and oxygen atoms in total. The molecule has 0 spiro atoms. The number of pyridine rings is 1. The lowest BCUT2D eigenvalue weighted by Crippen LogP contribution is -2.17. The van der Waals surface area contributed by atoms with Gasteiger partial charge < -0.3 is 9.72 Å². The fourth-order valence-corrected chi connectivity index (χ4v) is 4.17. The number of H-pyrrole nitrogens is 2. The second-order valence-corrected chi connectivity index (χ2v) is 8.16. The minimum Gasteiger partial charge on any atom is -0.406 e. The third-order valence-corrected chi connectivity index (χ3v) is 5.79. The van der Waals surface area contributed by atoms with Crippen LogP contribution in [0.3, 0.4) is 0 Å². The summed E-state index contributed by atoms with van der Waals surface area (Å²) in [6.45, 7) is 0. The molecule has 0 saturated heterocycles. The van der Waals surface area contributed by atoms with Crippen molar-refractivity contribution in [1.82, 2.24) is 20.2 Å². The second kappa shape index (κ2) is 6.92. The normalized spacial score (nSPS) is 12.4. The number of hydrogen-bond acceptors (Lipinski definition) is 5. The van der Waals surface area contributed by atoms with Crippen LogP contribution >= 0.6 is 0 Å². The molecular formula is C18H13F3N4O3S. The minimum absolute atomic E-state index is 0.0446. The molecule has 0 aliphatic carbocycles. The Morgan fingerprint density at radius 1 is 1.10 bits per heavy atom. The van der Waals surface area contributed by atoms with Crippen LogP contribution in [0.15, 0.2) is 59.8 Å². The maximum Gasteiger partial charge on any atom is 0.573 e. The predicted octanol–water partition coefficient (Wildman–Crippen LogP) is 3.83. The van der Waals surface area contributed by atoms with Crippen molar-refractivity contribution in [3.8, 4) is 17.1 Å². The van der Waals surface area contributed by atoms with Crippen LogP contribution in [0.5, 0.6) is 5.75 Å². The Balaban J connectivity index is 1.56. The number of nitrogens with one attached hydrogen (secondary N) is 2. The van der Waals surface area contributed by atoms with Crippen LogP contribution < -0.4 is 4.74 Å². The fourth-order valence-electron chi connectivity index (χ4n) is 2.84. The summed E-state index contributed by atoms with van der Waals surface area (Å²) in [7, 11) is -3.73. The third kappa shape index (κ3) is 4.09. The zero-order valence-corrected chi connectivity index (χ0v) is 15.4. The molecule has 4 aromatic rings. The molecule has 0 atom stereocenters. The Morgan fingerprint density at radius 2 is 1.86 bits per heavy atom. The van der Waals surface area contributed by atoms with Crippen molar-refractivity contribution in [3.05, 3.63) is 60.4 Å². The topological polar surface area (TPSA) is 101 Å². The lowest BCUT2D eigenvalue weighted by Gasteiger charge is -2.09. The first-order chi connectivity index (χ1) is 13.7. The van der Waals surface area contributed by atoms with E-state index in [2.05, 4.69) is 24.9 Å². The number of hydrogen-bond donors (Lipinski definition) is 2. The van der Waals surface area contributed by atoms with Crippen LogP contribution in [-0.4, -0.2) is 34.9 Å². The van der Waals surface area contributed by atoms with E-state index in [9.17, 15) is 21.6 Å². The van der Waals surface area contributed by atoms with E-state index in [1.54, 1.807) is 18.3 Å². The molecule has 4 rings (SSSR count). The number of alkyl halides is 3. The number of sulfone groups is 1. The van der Waals surface area contributed by atoms with E-state index in [1.165, 1.54) is 24.4 Å². The van der Waals surface area contributed by atoms with E-state index in [4.69, 9.17) is 0 Å². The molecular weight excluding hydrogens is 409 g/mol. The summed E-state index contributed by atoms with van der Waals surface area (Å²) < 4.78 is 65.8. The number of ether oxygens (including phenoxy) is 1. The van der Waals surface area contributed by atoms with Crippen molar-refractivity contribution in [2.45, 2.75) is 17.0 Å².